The van der Waals surface area contributed by atoms with E-state index in [1.807, 2.05) is 19.1 Å². The van der Waals surface area contributed by atoms with Crippen molar-refractivity contribution < 1.29 is 9.53 Å². The van der Waals surface area contributed by atoms with Crippen LogP contribution in [0.1, 0.15) is 6.92 Å². The van der Waals surface area contributed by atoms with Gasteiger partial charge >= 0.3 is 0 Å². The molecule has 2 atom stereocenters. The van der Waals surface area contributed by atoms with Crippen LogP contribution in [0.4, 0.5) is 0 Å². The second-order valence-corrected chi connectivity index (χ2v) is 3.78. The molecule has 2 aliphatic rings. The molecule has 2 nitrogen and oxygen atoms in total. The standard InChI is InChI=1S/C9H9IO2/c1-5-7-2-3-8(12-7)9(5)6(11)4-10/h2-3,7-8H,4H2,1H3. The Morgan fingerprint density at radius 1 is 1.58 bits per heavy atom. The molecule has 2 heterocycles. The maximum Gasteiger partial charge on any atom is 0.171 e. The topological polar surface area (TPSA) is 26.3 Å². The molecule has 0 aromatic carbocycles. The fourth-order valence-electron chi connectivity index (χ4n) is 1.69. The second-order valence-electron chi connectivity index (χ2n) is 3.02. The van der Waals surface area contributed by atoms with Crippen LogP contribution in [-0.4, -0.2) is 22.4 Å². The highest BCUT2D eigenvalue weighted by atomic mass is 127. The van der Waals surface area contributed by atoms with E-state index in [9.17, 15) is 4.79 Å². The van der Waals surface area contributed by atoms with E-state index >= 15 is 0 Å². The van der Waals surface area contributed by atoms with Crippen LogP contribution in [-0.2, 0) is 9.53 Å². The zero-order chi connectivity index (χ0) is 8.72. The van der Waals surface area contributed by atoms with Gasteiger partial charge in [0.05, 0.1) is 10.5 Å². The van der Waals surface area contributed by atoms with E-state index in [0.29, 0.717) is 4.43 Å². The summed E-state index contributed by atoms with van der Waals surface area (Å²) >= 11 is 2.09. The molecule has 2 unspecified atom stereocenters. The number of carbonyl (C=O) groups excluding carboxylic acids is 1. The minimum atomic E-state index is -0.0442. The molecule has 2 rings (SSSR count). The van der Waals surface area contributed by atoms with Crippen LogP contribution < -0.4 is 0 Å². The van der Waals surface area contributed by atoms with E-state index < -0.39 is 0 Å². The van der Waals surface area contributed by atoms with Crippen LogP contribution in [0, 0.1) is 0 Å². The predicted octanol–water partition coefficient (Wildman–Crippen LogP) is 1.64. The first-order valence-corrected chi connectivity index (χ1v) is 5.40. The monoisotopic (exact) mass is 276 g/mol. The van der Waals surface area contributed by atoms with E-state index in [1.54, 1.807) is 0 Å². The SMILES string of the molecule is CC1=C(C(=O)CI)C2C=CC1O2. The Bertz CT molecular complexity index is 291. The Hall–Kier alpha value is -0.160. The lowest BCUT2D eigenvalue weighted by Gasteiger charge is -2.06. The molecule has 2 aliphatic heterocycles. The maximum atomic E-state index is 11.4. The molecule has 0 N–H and O–H groups in total. The van der Waals surface area contributed by atoms with Crippen molar-refractivity contribution in [3.05, 3.63) is 23.3 Å². The van der Waals surface area contributed by atoms with Gasteiger partial charge in [-0.25, -0.2) is 0 Å². The molecule has 0 fully saturated rings. The lowest BCUT2D eigenvalue weighted by molar-refractivity contribution is -0.113. The third-order valence-electron chi connectivity index (χ3n) is 2.31. The van der Waals surface area contributed by atoms with Crippen molar-refractivity contribution in [2.24, 2.45) is 0 Å². The fourth-order valence-corrected chi connectivity index (χ4v) is 2.10. The Kier molecular flexibility index (Phi) is 2.08. The molecule has 0 aliphatic carbocycles. The zero-order valence-corrected chi connectivity index (χ0v) is 8.87. The van der Waals surface area contributed by atoms with Gasteiger partial charge in [-0.3, -0.25) is 4.79 Å². The van der Waals surface area contributed by atoms with Gasteiger partial charge in [0, 0.05) is 5.57 Å². The molecule has 12 heavy (non-hydrogen) atoms. The molecule has 0 amide bonds. The Balaban J connectivity index is 2.32. The van der Waals surface area contributed by atoms with Crippen LogP contribution >= 0.6 is 22.6 Å². The molecule has 3 heteroatoms. The summed E-state index contributed by atoms with van der Waals surface area (Å²) in [4.78, 5) is 11.4. The fraction of sp³-hybridized carbons (Fsp3) is 0.444. The minimum absolute atomic E-state index is 0.0442. The molecule has 0 saturated heterocycles. The van der Waals surface area contributed by atoms with Gasteiger partial charge in [-0.15, -0.1) is 0 Å². The third kappa shape index (κ3) is 1.07. The predicted molar refractivity (Wildman–Crippen MR) is 54.4 cm³/mol. The molecule has 0 saturated carbocycles. The highest BCUT2D eigenvalue weighted by Gasteiger charge is 2.36. The van der Waals surface area contributed by atoms with Gasteiger partial charge in [-0.1, -0.05) is 34.7 Å². The van der Waals surface area contributed by atoms with E-state index in [-0.39, 0.29) is 18.0 Å². The average molecular weight is 276 g/mol. The molecule has 0 radical (unpaired) electrons. The second kappa shape index (κ2) is 2.96. The molecule has 64 valence electrons. The molecule has 0 spiro atoms. The highest BCUT2D eigenvalue weighted by molar-refractivity contribution is 14.1. The van der Waals surface area contributed by atoms with E-state index in [2.05, 4.69) is 22.6 Å². The zero-order valence-electron chi connectivity index (χ0n) is 6.71. The number of ketones is 1. The Labute approximate surface area is 84.8 Å². The number of hydrogen-bond donors (Lipinski definition) is 0. The number of halogens is 1. The van der Waals surface area contributed by atoms with Crippen molar-refractivity contribution in [2.75, 3.05) is 4.43 Å². The summed E-state index contributed by atoms with van der Waals surface area (Å²) in [5, 5.41) is 0. The number of carbonyl (C=O) groups is 1. The molecule has 0 aromatic rings. The van der Waals surface area contributed by atoms with Gasteiger partial charge in [0.1, 0.15) is 6.10 Å². The summed E-state index contributed by atoms with van der Waals surface area (Å²) in [5.41, 5.74) is 1.99. The summed E-state index contributed by atoms with van der Waals surface area (Å²) in [6.07, 6.45) is 4.02. The smallest absolute Gasteiger partial charge is 0.171 e. The van der Waals surface area contributed by atoms with Crippen molar-refractivity contribution in [1.82, 2.24) is 0 Å². The summed E-state index contributed by atoms with van der Waals surface area (Å²) in [7, 11) is 0. The van der Waals surface area contributed by atoms with Crippen LogP contribution in [0.25, 0.3) is 0 Å². The molecule has 0 aromatic heterocycles. The summed E-state index contributed by atoms with van der Waals surface area (Å²) in [6, 6.07) is 0. The number of fused-ring (bicyclic) bond motifs is 2. The highest BCUT2D eigenvalue weighted by Crippen LogP contribution is 2.34. The van der Waals surface area contributed by atoms with Gasteiger partial charge in [-0.2, -0.15) is 0 Å². The van der Waals surface area contributed by atoms with Gasteiger partial charge in [0.15, 0.2) is 5.78 Å². The first-order chi connectivity index (χ1) is 5.74. The molecule has 2 bridgehead atoms. The molecular formula is C9H9IO2. The quantitative estimate of drug-likeness (QED) is 0.435. The lowest BCUT2D eigenvalue weighted by Crippen LogP contribution is -2.14. The summed E-state index contributed by atoms with van der Waals surface area (Å²) in [5.74, 6) is 0.213. The Morgan fingerprint density at radius 2 is 2.25 bits per heavy atom. The number of Topliss-reactive ketones (excluding diaryl/α,β-unsaturated/α-hetero) is 1. The number of rotatable bonds is 2. The summed E-state index contributed by atoms with van der Waals surface area (Å²) in [6.45, 7) is 1.98. The van der Waals surface area contributed by atoms with Crippen LogP contribution in [0.5, 0.6) is 0 Å². The Morgan fingerprint density at radius 3 is 2.75 bits per heavy atom. The maximum absolute atomic E-state index is 11.4. The van der Waals surface area contributed by atoms with Crippen LogP contribution in [0.15, 0.2) is 23.3 Å². The van der Waals surface area contributed by atoms with E-state index in [0.717, 1.165) is 11.1 Å². The normalized spacial score (nSPS) is 31.8. The number of alkyl halides is 1. The molecular weight excluding hydrogens is 267 g/mol. The van der Waals surface area contributed by atoms with E-state index in [4.69, 9.17) is 4.74 Å². The first-order valence-electron chi connectivity index (χ1n) is 3.87. The van der Waals surface area contributed by atoms with Crippen molar-refractivity contribution in [3.63, 3.8) is 0 Å². The van der Waals surface area contributed by atoms with Gasteiger partial charge < -0.3 is 4.74 Å². The van der Waals surface area contributed by atoms with Crippen LogP contribution in [0.3, 0.4) is 0 Å². The van der Waals surface area contributed by atoms with Crippen molar-refractivity contribution in [3.8, 4) is 0 Å². The lowest BCUT2D eigenvalue weighted by atomic mass is 9.96. The van der Waals surface area contributed by atoms with Crippen LogP contribution in [0.2, 0.25) is 0 Å². The summed E-state index contributed by atoms with van der Waals surface area (Å²) < 4.78 is 6.06. The van der Waals surface area contributed by atoms with Crippen molar-refractivity contribution >= 4 is 28.4 Å². The first kappa shape index (κ1) is 8.44. The van der Waals surface area contributed by atoms with Gasteiger partial charge in [0.2, 0.25) is 0 Å². The minimum Gasteiger partial charge on any atom is -0.358 e. The number of hydrogen-bond acceptors (Lipinski definition) is 2. The number of ether oxygens (including phenoxy) is 1. The largest absolute Gasteiger partial charge is 0.358 e. The van der Waals surface area contributed by atoms with Crippen molar-refractivity contribution in [1.29, 1.82) is 0 Å². The van der Waals surface area contributed by atoms with Gasteiger partial charge in [-0.05, 0) is 12.5 Å². The van der Waals surface area contributed by atoms with E-state index in [1.165, 1.54) is 0 Å². The third-order valence-corrected chi connectivity index (χ3v) is 3.00. The van der Waals surface area contributed by atoms with Gasteiger partial charge in [0.25, 0.3) is 0 Å². The average Bonchev–Trinajstić information content (AvgIpc) is 2.63. The van der Waals surface area contributed by atoms with Crippen molar-refractivity contribution in [2.45, 2.75) is 19.1 Å².